The van der Waals surface area contributed by atoms with Crippen LogP contribution in [-0.4, -0.2) is 75.1 Å². The van der Waals surface area contributed by atoms with Crippen LogP contribution in [0.2, 0.25) is 0 Å². The summed E-state index contributed by atoms with van der Waals surface area (Å²) in [6.07, 6.45) is 11.8. The number of hydrogen-bond acceptors (Lipinski definition) is 5. The van der Waals surface area contributed by atoms with Gasteiger partial charge in [-0.2, -0.15) is 5.10 Å². The summed E-state index contributed by atoms with van der Waals surface area (Å²) in [7, 11) is -2.24. The van der Waals surface area contributed by atoms with Crippen molar-refractivity contribution >= 4 is 18.5 Å². The smallest absolute Gasteiger partial charge is 0.320 e. The molecular formula is C26H35N6O2P. The molecule has 0 radical (unpaired) electrons. The number of hydrogen-bond donors (Lipinski definition) is 0. The topological polar surface area (TPSA) is 84.2 Å². The van der Waals surface area contributed by atoms with Gasteiger partial charge in [-0.15, -0.1) is 0 Å². The zero-order valence-corrected chi connectivity index (χ0v) is 21.7. The minimum Gasteiger partial charge on any atom is -0.323 e. The molecule has 35 heavy (non-hydrogen) atoms. The summed E-state index contributed by atoms with van der Waals surface area (Å²) in [6.45, 7) is 7.21. The summed E-state index contributed by atoms with van der Waals surface area (Å²) in [4.78, 5) is 26.1. The molecule has 9 heteroatoms. The Kier molecular flexibility index (Phi) is 4.66. The van der Waals surface area contributed by atoms with Crippen molar-refractivity contribution in [1.29, 1.82) is 0 Å². The van der Waals surface area contributed by atoms with E-state index in [0.717, 1.165) is 62.3 Å². The second kappa shape index (κ2) is 7.41. The van der Waals surface area contributed by atoms with E-state index in [4.69, 9.17) is 5.10 Å². The van der Waals surface area contributed by atoms with Gasteiger partial charge < -0.3 is 14.4 Å². The molecule has 2 aromatic heterocycles. The van der Waals surface area contributed by atoms with Gasteiger partial charge in [-0.1, -0.05) is 0 Å². The molecule has 3 aliphatic carbocycles. The lowest BCUT2D eigenvalue weighted by Crippen LogP contribution is -2.71. The maximum absolute atomic E-state index is 13.0. The van der Waals surface area contributed by atoms with Crippen LogP contribution in [-0.2, 0) is 11.0 Å². The Morgan fingerprint density at radius 1 is 1.00 bits per heavy atom. The minimum absolute atomic E-state index is 0.241. The van der Waals surface area contributed by atoms with Crippen molar-refractivity contribution in [2.45, 2.75) is 56.9 Å². The Labute approximate surface area is 206 Å². The van der Waals surface area contributed by atoms with Crippen molar-refractivity contribution in [2.24, 2.45) is 16.7 Å². The van der Waals surface area contributed by atoms with Crippen LogP contribution >= 0.6 is 7.14 Å². The van der Waals surface area contributed by atoms with Gasteiger partial charge in [0.15, 0.2) is 5.82 Å². The van der Waals surface area contributed by atoms with Crippen LogP contribution in [0.15, 0.2) is 24.7 Å². The zero-order chi connectivity index (χ0) is 24.0. The van der Waals surface area contributed by atoms with Crippen molar-refractivity contribution in [3.05, 3.63) is 36.2 Å². The molecule has 0 bridgehead atoms. The third kappa shape index (κ3) is 3.83. The quantitative estimate of drug-likeness (QED) is 0.594. The van der Waals surface area contributed by atoms with E-state index >= 15 is 0 Å². The van der Waals surface area contributed by atoms with Crippen LogP contribution in [0.5, 0.6) is 0 Å². The highest BCUT2D eigenvalue weighted by Crippen LogP contribution is 2.56. The summed E-state index contributed by atoms with van der Waals surface area (Å²) in [6, 6.07) is 4.72. The third-order valence-electron chi connectivity index (χ3n) is 9.20. The largest absolute Gasteiger partial charge is 0.323 e. The molecular weight excluding hydrogens is 459 g/mol. The van der Waals surface area contributed by atoms with Crippen molar-refractivity contribution in [1.82, 2.24) is 29.5 Å². The predicted molar refractivity (Wildman–Crippen MR) is 133 cm³/mol. The van der Waals surface area contributed by atoms with Crippen molar-refractivity contribution in [2.75, 3.05) is 39.5 Å². The van der Waals surface area contributed by atoms with Crippen LogP contribution in [0.4, 0.5) is 4.79 Å². The van der Waals surface area contributed by atoms with Gasteiger partial charge in [0, 0.05) is 60.1 Å². The zero-order valence-electron chi connectivity index (χ0n) is 20.8. The van der Waals surface area contributed by atoms with Crippen LogP contribution in [0, 0.1) is 16.7 Å². The molecule has 186 valence electrons. The second-order valence-electron chi connectivity index (χ2n) is 12.8. The molecule has 4 heterocycles. The molecule has 0 atom stereocenters. The Hall–Kier alpha value is -2.21. The summed E-state index contributed by atoms with van der Waals surface area (Å²) in [5.41, 5.74) is 1.76. The lowest BCUT2D eigenvalue weighted by Gasteiger charge is -2.63. The van der Waals surface area contributed by atoms with Gasteiger partial charge in [-0.3, -0.25) is 4.98 Å². The highest BCUT2D eigenvalue weighted by atomic mass is 31.2. The number of carbonyl (C=O) groups is 1. The summed E-state index contributed by atoms with van der Waals surface area (Å²) in [5.74, 6) is 2.28. The van der Waals surface area contributed by atoms with Crippen molar-refractivity contribution in [3.63, 3.8) is 0 Å². The Morgan fingerprint density at radius 2 is 1.66 bits per heavy atom. The van der Waals surface area contributed by atoms with E-state index in [9.17, 15) is 9.36 Å². The highest BCUT2D eigenvalue weighted by molar-refractivity contribution is 7.70. The molecule has 5 aliphatic rings. The fourth-order valence-electron chi connectivity index (χ4n) is 7.09. The Balaban J connectivity index is 0.842. The minimum atomic E-state index is -2.24. The second-order valence-corrected chi connectivity index (χ2v) is 16.0. The summed E-state index contributed by atoms with van der Waals surface area (Å²) < 4.78 is 14.3. The van der Waals surface area contributed by atoms with Crippen LogP contribution in [0.25, 0.3) is 0 Å². The Bertz CT molecular complexity index is 1190. The lowest BCUT2D eigenvalue weighted by molar-refractivity contribution is -0.107. The van der Waals surface area contributed by atoms with E-state index in [1.807, 2.05) is 18.5 Å². The average molecular weight is 495 g/mol. The van der Waals surface area contributed by atoms with Crippen LogP contribution in [0.1, 0.15) is 62.0 Å². The number of pyridine rings is 1. The first-order chi connectivity index (χ1) is 16.7. The number of aromatic nitrogens is 4. The molecule has 2 saturated heterocycles. The number of nitrogens with zero attached hydrogens (tertiary/aromatic N) is 6. The predicted octanol–water partition coefficient (Wildman–Crippen LogP) is 3.51. The van der Waals surface area contributed by atoms with E-state index in [-0.39, 0.29) is 6.03 Å². The van der Waals surface area contributed by atoms with Gasteiger partial charge in [0.2, 0.25) is 0 Å². The van der Waals surface area contributed by atoms with Crippen molar-refractivity contribution < 1.29 is 9.36 Å². The number of likely N-dealkylation sites (tertiary alicyclic amines) is 2. The van der Waals surface area contributed by atoms with E-state index in [0.29, 0.717) is 28.7 Å². The van der Waals surface area contributed by atoms with Gasteiger partial charge in [0.25, 0.3) is 0 Å². The Morgan fingerprint density at radius 3 is 2.23 bits per heavy atom. The normalized spacial score (nSPS) is 25.2. The number of urea groups is 1. The molecule has 0 N–H and O–H groups in total. The van der Waals surface area contributed by atoms with Gasteiger partial charge in [0.1, 0.15) is 13.5 Å². The first kappa shape index (κ1) is 22.0. The van der Waals surface area contributed by atoms with Gasteiger partial charge >= 0.3 is 6.03 Å². The fraction of sp³-hybridized carbons (Fsp3) is 0.692. The molecule has 8 nitrogen and oxygen atoms in total. The summed E-state index contributed by atoms with van der Waals surface area (Å²) in [5, 5.41) is 5.55. The van der Waals surface area contributed by atoms with Crippen LogP contribution in [0.3, 0.4) is 0 Å². The van der Waals surface area contributed by atoms with Gasteiger partial charge in [-0.25, -0.2) is 14.5 Å². The summed E-state index contributed by atoms with van der Waals surface area (Å²) >= 11 is 0. The number of amides is 2. The molecule has 0 unspecified atom stereocenters. The average Bonchev–Trinajstić information content (AvgIpc) is 3.44. The number of rotatable bonds is 5. The standard InChI is InChI=1S/C26H35N6O2P/c1-35(2,34)22-6-5-20(27-12-22)7-18-8-25(9-18)13-30(14-25)24(33)31-15-26(16-31)10-21(11-26)32-17-28-23(29-32)19-3-4-19/h5-6,12,17-19,21H,3-4,7-11,13-16H2,1-2H3. The monoisotopic (exact) mass is 494 g/mol. The molecule has 2 spiro atoms. The molecule has 2 aliphatic heterocycles. The number of carbonyl (C=O) groups excluding carboxylic acids is 1. The highest BCUT2D eigenvalue weighted by Gasteiger charge is 2.58. The van der Waals surface area contributed by atoms with Crippen molar-refractivity contribution in [3.8, 4) is 0 Å². The lowest BCUT2D eigenvalue weighted by atomic mass is 9.56. The maximum Gasteiger partial charge on any atom is 0.320 e. The van der Waals surface area contributed by atoms with Gasteiger partial charge in [-0.05, 0) is 76.3 Å². The molecule has 0 aromatic carbocycles. The molecule has 2 aromatic rings. The first-order valence-corrected chi connectivity index (χ1v) is 15.7. The SMILES string of the molecule is CP(C)(=O)c1ccc(CC2CC3(C2)CN(C(=O)N2CC4(CC(n5cnc(C6CC6)n5)C4)C2)C3)nc1. The van der Waals surface area contributed by atoms with E-state index in [1.54, 1.807) is 19.5 Å². The molecule has 3 saturated carbocycles. The van der Waals surface area contributed by atoms with Gasteiger partial charge in [0.05, 0.1) is 6.04 Å². The van der Waals surface area contributed by atoms with E-state index in [1.165, 1.54) is 25.7 Å². The van der Waals surface area contributed by atoms with Crippen LogP contribution < -0.4 is 5.30 Å². The molecule has 7 rings (SSSR count). The first-order valence-electron chi connectivity index (χ1n) is 13.1. The maximum atomic E-state index is 13.0. The molecule has 5 fully saturated rings. The third-order valence-corrected chi connectivity index (χ3v) is 10.7. The van der Waals surface area contributed by atoms with E-state index < -0.39 is 7.14 Å². The molecule has 2 amide bonds. The van der Waals surface area contributed by atoms with E-state index in [2.05, 4.69) is 24.4 Å². The fourth-order valence-corrected chi connectivity index (χ4v) is 7.86.